The molecule has 2 saturated heterocycles. The van der Waals surface area contributed by atoms with Crippen molar-refractivity contribution in [2.75, 3.05) is 51.3 Å². The van der Waals surface area contributed by atoms with Gasteiger partial charge < -0.3 is 9.64 Å². The number of anilines is 1. The van der Waals surface area contributed by atoms with Gasteiger partial charge in [-0.1, -0.05) is 18.2 Å². The number of hydrogen-bond acceptors (Lipinski definition) is 5. The van der Waals surface area contributed by atoms with Gasteiger partial charge in [0.25, 0.3) is 0 Å². The van der Waals surface area contributed by atoms with E-state index in [1.54, 1.807) is 7.11 Å². The lowest BCUT2D eigenvalue weighted by Crippen LogP contribution is -2.53. The first kappa shape index (κ1) is 18.3. The lowest BCUT2D eigenvalue weighted by atomic mass is 10.0. The number of rotatable bonds is 5. The molecular weight excluding hydrogens is 336 g/mol. The summed E-state index contributed by atoms with van der Waals surface area (Å²) in [5.41, 5.74) is 2.55. The van der Waals surface area contributed by atoms with Gasteiger partial charge in [-0.3, -0.25) is 14.8 Å². The van der Waals surface area contributed by atoms with Gasteiger partial charge in [-0.25, -0.2) is 0 Å². The summed E-state index contributed by atoms with van der Waals surface area (Å²) >= 11 is 0. The third-order valence-corrected chi connectivity index (χ3v) is 5.94. The Labute approximate surface area is 162 Å². The molecule has 1 aromatic carbocycles. The van der Waals surface area contributed by atoms with Crippen LogP contribution in [0.15, 0.2) is 48.8 Å². The van der Waals surface area contributed by atoms with Gasteiger partial charge in [-0.15, -0.1) is 0 Å². The second kappa shape index (κ2) is 8.72. The summed E-state index contributed by atoms with van der Waals surface area (Å²) in [7, 11) is 1.76. The monoisotopic (exact) mass is 366 g/mol. The lowest BCUT2D eigenvalue weighted by molar-refractivity contribution is 0.0997. The van der Waals surface area contributed by atoms with E-state index in [4.69, 9.17) is 4.74 Å². The van der Waals surface area contributed by atoms with Crippen LogP contribution in [0.1, 0.15) is 18.4 Å². The van der Waals surface area contributed by atoms with Crippen LogP contribution in [0.25, 0.3) is 0 Å². The zero-order valence-electron chi connectivity index (χ0n) is 16.3. The van der Waals surface area contributed by atoms with E-state index in [2.05, 4.69) is 43.9 Å². The summed E-state index contributed by atoms with van der Waals surface area (Å²) < 4.78 is 5.54. The summed E-state index contributed by atoms with van der Waals surface area (Å²) in [6, 6.07) is 13.3. The molecular formula is C22H30N4O. The van der Waals surface area contributed by atoms with Gasteiger partial charge in [0.2, 0.25) is 0 Å². The normalized spacial score (nSPS) is 20.0. The van der Waals surface area contributed by atoms with Crippen molar-refractivity contribution in [1.82, 2.24) is 14.8 Å². The van der Waals surface area contributed by atoms with Crippen molar-refractivity contribution < 1.29 is 4.74 Å². The Kier molecular flexibility index (Phi) is 5.90. The number of methoxy groups -OCH3 is 1. The van der Waals surface area contributed by atoms with E-state index in [1.165, 1.54) is 37.2 Å². The fraction of sp³-hybridized carbons (Fsp3) is 0.500. The maximum absolute atomic E-state index is 5.54. The number of pyridine rings is 1. The van der Waals surface area contributed by atoms with Gasteiger partial charge in [-0.05, 0) is 49.7 Å². The highest BCUT2D eigenvalue weighted by atomic mass is 16.5. The molecule has 0 N–H and O–H groups in total. The van der Waals surface area contributed by atoms with E-state index in [1.807, 2.05) is 24.5 Å². The fourth-order valence-corrected chi connectivity index (χ4v) is 4.41. The van der Waals surface area contributed by atoms with Crippen LogP contribution in [0.4, 0.5) is 5.69 Å². The highest BCUT2D eigenvalue weighted by Gasteiger charge is 2.28. The minimum Gasteiger partial charge on any atom is -0.495 e. The predicted molar refractivity (Wildman–Crippen MR) is 109 cm³/mol. The molecule has 0 saturated carbocycles. The van der Waals surface area contributed by atoms with Crippen molar-refractivity contribution in [3.05, 3.63) is 54.4 Å². The van der Waals surface area contributed by atoms with Crippen molar-refractivity contribution in [2.45, 2.75) is 25.4 Å². The van der Waals surface area contributed by atoms with Crippen molar-refractivity contribution in [2.24, 2.45) is 0 Å². The van der Waals surface area contributed by atoms with Crippen LogP contribution in [0, 0.1) is 0 Å². The Bertz CT molecular complexity index is 707. The average Bonchev–Trinajstić information content (AvgIpc) is 2.75. The second-order valence-electron chi connectivity index (χ2n) is 7.56. The summed E-state index contributed by atoms with van der Waals surface area (Å²) in [6.45, 7) is 7.85. The Morgan fingerprint density at radius 3 is 2.44 bits per heavy atom. The Morgan fingerprint density at radius 2 is 1.74 bits per heavy atom. The SMILES string of the molecule is COc1ccccc1N1CCN(C2CCN(Cc3cccnc3)CC2)CC1. The number of piperidine rings is 1. The number of nitrogens with zero attached hydrogens (tertiary/aromatic N) is 4. The van der Waals surface area contributed by atoms with E-state index in [9.17, 15) is 0 Å². The van der Waals surface area contributed by atoms with Crippen LogP contribution >= 0.6 is 0 Å². The number of benzene rings is 1. The van der Waals surface area contributed by atoms with Gasteiger partial charge in [0.15, 0.2) is 0 Å². The van der Waals surface area contributed by atoms with Gasteiger partial charge in [-0.2, -0.15) is 0 Å². The zero-order chi connectivity index (χ0) is 18.5. The van der Waals surface area contributed by atoms with E-state index in [0.717, 1.165) is 44.5 Å². The fourth-order valence-electron chi connectivity index (χ4n) is 4.41. The first-order valence-electron chi connectivity index (χ1n) is 10.1. The van der Waals surface area contributed by atoms with Crippen molar-refractivity contribution >= 4 is 5.69 Å². The highest BCUT2D eigenvalue weighted by molar-refractivity contribution is 5.58. The zero-order valence-corrected chi connectivity index (χ0v) is 16.3. The molecule has 1 aromatic heterocycles. The number of ether oxygens (including phenoxy) is 1. The molecule has 0 spiro atoms. The molecule has 0 radical (unpaired) electrons. The Hall–Kier alpha value is -2.11. The smallest absolute Gasteiger partial charge is 0.142 e. The molecule has 27 heavy (non-hydrogen) atoms. The van der Waals surface area contributed by atoms with E-state index >= 15 is 0 Å². The largest absolute Gasteiger partial charge is 0.495 e. The van der Waals surface area contributed by atoms with Crippen molar-refractivity contribution in [3.8, 4) is 5.75 Å². The summed E-state index contributed by atoms with van der Waals surface area (Å²) in [5.74, 6) is 0.981. The molecule has 2 fully saturated rings. The molecule has 5 nitrogen and oxygen atoms in total. The molecule has 0 bridgehead atoms. The van der Waals surface area contributed by atoms with Crippen LogP contribution in [0.3, 0.4) is 0 Å². The number of para-hydroxylation sites is 2. The first-order valence-corrected chi connectivity index (χ1v) is 10.1. The van der Waals surface area contributed by atoms with Gasteiger partial charge in [0.1, 0.15) is 5.75 Å². The van der Waals surface area contributed by atoms with Crippen LogP contribution < -0.4 is 9.64 Å². The predicted octanol–water partition coefficient (Wildman–Crippen LogP) is 2.88. The third-order valence-electron chi connectivity index (χ3n) is 5.94. The molecule has 4 rings (SSSR count). The molecule has 3 heterocycles. The molecule has 0 unspecified atom stereocenters. The Balaban J connectivity index is 1.26. The maximum Gasteiger partial charge on any atom is 0.142 e. The van der Waals surface area contributed by atoms with E-state index < -0.39 is 0 Å². The number of hydrogen-bond donors (Lipinski definition) is 0. The summed E-state index contributed by atoms with van der Waals surface area (Å²) in [4.78, 5) is 12.0. The standard InChI is InChI=1S/C22H30N4O/c1-27-22-7-3-2-6-21(22)26-15-13-25(14-16-26)20-8-11-24(12-9-20)18-19-5-4-10-23-17-19/h2-7,10,17,20H,8-9,11-16,18H2,1H3. The first-order chi connectivity index (χ1) is 13.3. The molecule has 2 aliphatic heterocycles. The highest BCUT2D eigenvalue weighted by Crippen LogP contribution is 2.29. The van der Waals surface area contributed by atoms with Crippen LogP contribution in [0.5, 0.6) is 5.75 Å². The van der Waals surface area contributed by atoms with Crippen LogP contribution in [0.2, 0.25) is 0 Å². The quantitative estimate of drug-likeness (QED) is 0.812. The van der Waals surface area contributed by atoms with Crippen molar-refractivity contribution in [1.29, 1.82) is 0 Å². The lowest BCUT2D eigenvalue weighted by Gasteiger charge is -2.43. The van der Waals surface area contributed by atoms with E-state index in [-0.39, 0.29) is 0 Å². The second-order valence-corrected chi connectivity index (χ2v) is 7.56. The van der Waals surface area contributed by atoms with Crippen molar-refractivity contribution in [3.63, 3.8) is 0 Å². The average molecular weight is 367 g/mol. The molecule has 0 amide bonds. The molecule has 5 heteroatoms. The minimum absolute atomic E-state index is 0.731. The van der Waals surface area contributed by atoms with Gasteiger partial charge in [0, 0.05) is 51.2 Å². The number of piperazine rings is 1. The van der Waals surface area contributed by atoms with E-state index in [0.29, 0.717) is 0 Å². The molecule has 144 valence electrons. The summed E-state index contributed by atoms with van der Waals surface area (Å²) in [6.07, 6.45) is 6.38. The van der Waals surface area contributed by atoms with Crippen LogP contribution in [-0.4, -0.2) is 67.2 Å². The van der Waals surface area contributed by atoms with Gasteiger partial charge >= 0.3 is 0 Å². The van der Waals surface area contributed by atoms with Crippen LogP contribution in [-0.2, 0) is 6.54 Å². The number of likely N-dealkylation sites (tertiary alicyclic amines) is 1. The molecule has 2 aliphatic rings. The minimum atomic E-state index is 0.731. The Morgan fingerprint density at radius 1 is 0.963 bits per heavy atom. The molecule has 2 aromatic rings. The maximum atomic E-state index is 5.54. The topological polar surface area (TPSA) is 31.8 Å². The molecule has 0 atom stereocenters. The molecule has 0 aliphatic carbocycles. The summed E-state index contributed by atoms with van der Waals surface area (Å²) in [5, 5.41) is 0. The number of aromatic nitrogens is 1. The van der Waals surface area contributed by atoms with Gasteiger partial charge in [0.05, 0.1) is 12.8 Å². The third kappa shape index (κ3) is 4.42.